The first kappa shape index (κ1) is 12.3. The largest absolute Gasteiger partial charge is 0.309 e. The molecule has 0 fully saturated rings. The molecule has 0 saturated heterocycles. The van der Waals surface area contributed by atoms with E-state index in [0.717, 1.165) is 28.0 Å². The molecule has 1 aromatic carbocycles. The van der Waals surface area contributed by atoms with Gasteiger partial charge >= 0.3 is 0 Å². The standard InChI is InChI=1S/C13H16BrN3/c1-9(2)15-8-12-7-13(17-16-12)10-4-3-5-11(14)6-10/h3-7,9,15H,8H2,1-2H3,(H,16,17). The van der Waals surface area contributed by atoms with E-state index in [1.807, 2.05) is 12.1 Å². The molecule has 0 radical (unpaired) electrons. The van der Waals surface area contributed by atoms with Crippen LogP contribution in [0.2, 0.25) is 0 Å². The molecule has 0 unspecified atom stereocenters. The van der Waals surface area contributed by atoms with Crippen LogP contribution < -0.4 is 5.32 Å². The normalized spacial score (nSPS) is 11.1. The van der Waals surface area contributed by atoms with Gasteiger partial charge in [0.25, 0.3) is 0 Å². The summed E-state index contributed by atoms with van der Waals surface area (Å²) in [6.07, 6.45) is 0. The summed E-state index contributed by atoms with van der Waals surface area (Å²) in [5.74, 6) is 0. The Morgan fingerprint density at radius 3 is 2.88 bits per heavy atom. The predicted molar refractivity (Wildman–Crippen MR) is 73.7 cm³/mol. The summed E-state index contributed by atoms with van der Waals surface area (Å²) in [5, 5.41) is 10.7. The number of H-pyrrole nitrogens is 1. The summed E-state index contributed by atoms with van der Waals surface area (Å²) in [6.45, 7) is 5.08. The molecule has 2 N–H and O–H groups in total. The van der Waals surface area contributed by atoms with Gasteiger partial charge in [-0.2, -0.15) is 5.10 Å². The number of halogens is 1. The number of hydrogen-bond donors (Lipinski definition) is 2. The van der Waals surface area contributed by atoms with Gasteiger partial charge in [0, 0.05) is 28.3 Å². The third-order valence-electron chi connectivity index (χ3n) is 2.45. The zero-order chi connectivity index (χ0) is 12.3. The molecule has 0 bridgehead atoms. The minimum Gasteiger partial charge on any atom is -0.309 e. The summed E-state index contributed by atoms with van der Waals surface area (Å²) < 4.78 is 1.07. The van der Waals surface area contributed by atoms with Gasteiger partial charge in [0.1, 0.15) is 0 Å². The van der Waals surface area contributed by atoms with Crippen molar-refractivity contribution in [1.29, 1.82) is 0 Å². The number of benzene rings is 1. The van der Waals surface area contributed by atoms with Crippen LogP contribution in [0.5, 0.6) is 0 Å². The minimum absolute atomic E-state index is 0.479. The fourth-order valence-corrected chi connectivity index (χ4v) is 1.96. The van der Waals surface area contributed by atoms with E-state index in [-0.39, 0.29) is 0 Å². The molecule has 2 aromatic rings. The van der Waals surface area contributed by atoms with Crippen LogP contribution in [-0.2, 0) is 6.54 Å². The number of nitrogens with zero attached hydrogens (tertiary/aromatic N) is 1. The monoisotopic (exact) mass is 293 g/mol. The Labute approximate surface area is 110 Å². The van der Waals surface area contributed by atoms with Crippen LogP contribution in [0.25, 0.3) is 11.3 Å². The van der Waals surface area contributed by atoms with Crippen molar-refractivity contribution in [1.82, 2.24) is 15.5 Å². The number of aromatic amines is 1. The molecule has 3 nitrogen and oxygen atoms in total. The van der Waals surface area contributed by atoms with Crippen molar-refractivity contribution >= 4 is 15.9 Å². The fraction of sp³-hybridized carbons (Fsp3) is 0.308. The van der Waals surface area contributed by atoms with Crippen LogP contribution in [0.15, 0.2) is 34.8 Å². The average Bonchev–Trinajstić information content (AvgIpc) is 2.75. The van der Waals surface area contributed by atoms with E-state index < -0.39 is 0 Å². The van der Waals surface area contributed by atoms with Gasteiger partial charge in [-0.05, 0) is 18.2 Å². The molecule has 0 aliphatic carbocycles. The quantitative estimate of drug-likeness (QED) is 0.908. The van der Waals surface area contributed by atoms with Crippen LogP contribution >= 0.6 is 15.9 Å². The molecule has 4 heteroatoms. The van der Waals surface area contributed by atoms with Gasteiger partial charge < -0.3 is 5.32 Å². The van der Waals surface area contributed by atoms with Crippen LogP contribution in [0, 0.1) is 0 Å². The van der Waals surface area contributed by atoms with Crippen molar-refractivity contribution in [3.05, 3.63) is 40.5 Å². The third kappa shape index (κ3) is 3.41. The molecule has 0 atom stereocenters. The van der Waals surface area contributed by atoms with Crippen molar-refractivity contribution in [2.75, 3.05) is 0 Å². The zero-order valence-corrected chi connectivity index (χ0v) is 11.6. The topological polar surface area (TPSA) is 40.7 Å². The Bertz CT molecular complexity index is 491. The third-order valence-corrected chi connectivity index (χ3v) is 2.95. The van der Waals surface area contributed by atoms with Gasteiger partial charge in [0.05, 0.1) is 5.69 Å². The van der Waals surface area contributed by atoms with Crippen molar-refractivity contribution < 1.29 is 0 Å². The first-order valence-corrected chi connectivity index (χ1v) is 6.48. The highest BCUT2D eigenvalue weighted by atomic mass is 79.9. The zero-order valence-electron chi connectivity index (χ0n) is 10.00. The predicted octanol–water partition coefficient (Wildman–Crippen LogP) is 3.34. The van der Waals surface area contributed by atoms with E-state index in [9.17, 15) is 0 Å². The molecule has 90 valence electrons. The number of aromatic nitrogens is 2. The highest BCUT2D eigenvalue weighted by molar-refractivity contribution is 9.10. The van der Waals surface area contributed by atoms with Crippen molar-refractivity contribution in [2.24, 2.45) is 0 Å². The average molecular weight is 294 g/mol. The number of hydrogen-bond acceptors (Lipinski definition) is 2. The van der Waals surface area contributed by atoms with Crippen molar-refractivity contribution in [3.8, 4) is 11.3 Å². The van der Waals surface area contributed by atoms with Crippen LogP contribution in [0.1, 0.15) is 19.5 Å². The highest BCUT2D eigenvalue weighted by Crippen LogP contribution is 2.21. The maximum Gasteiger partial charge on any atom is 0.0924 e. The van der Waals surface area contributed by atoms with Crippen LogP contribution in [-0.4, -0.2) is 16.2 Å². The number of nitrogens with one attached hydrogen (secondary N) is 2. The lowest BCUT2D eigenvalue weighted by atomic mass is 10.1. The van der Waals surface area contributed by atoms with Crippen molar-refractivity contribution in [3.63, 3.8) is 0 Å². The van der Waals surface area contributed by atoms with Crippen LogP contribution in [0.4, 0.5) is 0 Å². The SMILES string of the molecule is CC(C)NCc1cc(-c2cccc(Br)c2)n[nH]1. The summed E-state index contributed by atoms with van der Waals surface area (Å²) in [5.41, 5.74) is 3.20. The summed E-state index contributed by atoms with van der Waals surface area (Å²) in [4.78, 5) is 0. The van der Waals surface area contributed by atoms with E-state index in [1.54, 1.807) is 0 Å². The van der Waals surface area contributed by atoms with Gasteiger partial charge in [-0.3, -0.25) is 5.10 Å². The van der Waals surface area contributed by atoms with E-state index in [1.165, 1.54) is 0 Å². The Morgan fingerprint density at radius 1 is 1.35 bits per heavy atom. The molecule has 2 rings (SSSR count). The molecule has 0 amide bonds. The second kappa shape index (κ2) is 5.47. The lowest BCUT2D eigenvalue weighted by molar-refractivity contribution is 0.580. The lowest BCUT2D eigenvalue weighted by Gasteiger charge is -2.04. The highest BCUT2D eigenvalue weighted by Gasteiger charge is 2.04. The van der Waals surface area contributed by atoms with E-state index in [4.69, 9.17) is 0 Å². The van der Waals surface area contributed by atoms with E-state index >= 15 is 0 Å². The van der Waals surface area contributed by atoms with Gasteiger partial charge in [-0.15, -0.1) is 0 Å². The van der Waals surface area contributed by atoms with Gasteiger partial charge in [0.2, 0.25) is 0 Å². The smallest absolute Gasteiger partial charge is 0.0924 e. The Kier molecular flexibility index (Phi) is 3.97. The Hall–Kier alpha value is -1.13. The molecule has 0 saturated carbocycles. The van der Waals surface area contributed by atoms with Crippen LogP contribution in [0.3, 0.4) is 0 Å². The molecular formula is C13H16BrN3. The maximum absolute atomic E-state index is 4.32. The second-order valence-corrected chi connectivity index (χ2v) is 5.24. The Morgan fingerprint density at radius 2 is 2.18 bits per heavy atom. The van der Waals surface area contributed by atoms with Crippen molar-refractivity contribution in [2.45, 2.75) is 26.4 Å². The van der Waals surface area contributed by atoms with Gasteiger partial charge in [0.15, 0.2) is 0 Å². The first-order chi connectivity index (χ1) is 8.15. The first-order valence-electron chi connectivity index (χ1n) is 5.69. The maximum atomic E-state index is 4.32. The fourth-order valence-electron chi connectivity index (χ4n) is 1.56. The molecule has 0 aliphatic rings. The van der Waals surface area contributed by atoms with Gasteiger partial charge in [-0.1, -0.05) is 41.9 Å². The molecule has 17 heavy (non-hydrogen) atoms. The number of rotatable bonds is 4. The molecular weight excluding hydrogens is 278 g/mol. The molecule has 0 aliphatic heterocycles. The summed E-state index contributed by atoms with van der Waals surface area (Å²) in [7, 11) is 0. The minimum atomic E-state index is 0.479. The molecule has 1 heterocycles. The molecule has 0 spiro atoms. The lowest BCUT2D eigenvalue weighted by Crippen LogP contribution is -2.21. The second-order valence-electron chi connectivity index (χ2n) is 4.32. The molecule has 1 aromatic heterocycles. The van der Waals surface area contributed by atoms with E-state index in [2.05, 4.69) is 63.5 Å². The van der Waals surface area contributed by atoms with Gasteiger partial charge in [-0.25, -0.2) is 0 Å². The van der Waals surface area contributed by atoms with E-state index in [0.29, 0.717) is 6.04 Å². The summed E-state index contributed by atoms with van der Waals surface area (Å²) >= 11 is 3.47. The Balaban J connectivity index is 2.12. The summed E-state index contributed by atoms with van der Waals surface area (Å²) in [6, 6.07) is 10.7.